The monoisotopic (exact) mass is 383 g/mol. The zero-order chi connectivity index (χ0) is 20.2. The molecule has 0 atom stereocenters. The van der Waals surface area contributed by atoms with E-state index in [9.17, 15) is 9.59 Å². The van der Waals surface area contributed by atoms with Crippen molar-refractivity contribution >= 4 is 17.7 Å². The lowest BCUT2D eigenvalue weighted by Crippen LogP contribution is -2.12. The Kier molecular flexibility index (Phi) is 4.99. The van der Waals surface area contributed by atoms with Crippen LogP contribution >= 0.6 is 0 Å². The molecule has 3 aromatic carbocycles. The van der Waals surface area contributed by atoms with Gasteiger partial charge in [0.25, 0.3) is 5.91 Å². The maximum absolute atomic E-state index is 12.4. The van der Waals surface area contributed by atoms with Gasteiger partial charge in [0.1, 0.15) is 0 Å². The summed E-state index contributed by atoms with van der Waals surface area (Å²) < 4.78 is 5.53. The standard InChI is InChI=1S/C23H17N3O3/c1-15-6-5-9-19(14-15)22-25-26-23(29-22)24-21(28)18-12-10-17(11-13-18)20(27)16-7-3-2-4-8-16/h2-14H,1H3,(H,24,26,28). The average Bonchev–Trinajstić information content (AvgIpc) is 3.22. The summed E-state index contributed by atoms with van der Waals surface area (Å²) in [6.45, 7) is 1.97. The number of aromatic nitrogens is 2. The van der Waals surface area contributed by atoms with Gasteiger partial charge in [0.2, 0.25) is 5.89 Å². The van der Waals surface area contributed by atoms with Crippen molar-refractivity contribution in [3.63, 3.8) is 0 Å². The first-order valence-electron chi connectivity index (χ1n) is 9.02. The van der Waals surface area contributed by atoms with Crippen LogP contribution in [0.3, 0.4) is 0 Å². The van der Waals surface area contributed by atoms with Crippen LogP contribution < -0.4 is 5.32 Å². The number of benzene rings is 3. The Morgan fingerprint density at radius 1 is 0.793 bits per heavy atom. The molecule has 4 rings (SSSR count). The number of carbonyl (C=O) groups excluding carboxylic acids is 2. The van der Waals surface area contributed by atoms with Crippen LogP contribution in [-0.4, -0.2) is 21.9 Å². The number of nitrogens with one attached hydrogen (secondary N) is 1. The van der Waals surface area contributed by atoms with E-state index in [-0.39, 0.29) is 11.8 Å². The summed E-state index contributed by atoms with van der Waals surface area (Å²) in [5.74, 6) is -0.173. The molecule has 6 nitrogen and oxygen atoms in total. The Hall–Kier alpha value is -4.06. The molecule has 1 aromatic heterocycles. The highest BCUT2D eigenvalue weighted by Crippen LogP contribution is 2.21. The van der Waals surface area contributed by atoms with Crippen LogP contribution in [0.2, 0.25) is 0 Å². The summed E-state index contributed by atoms with van der Waals surface area (Å²) in [6.07, 6.45) is 0. The Morgan fingerprint density at radius 2 is 1.48 bits per heavy atom. The molecule has 0 saturated carbocycles. The molecule has 0 fully saturated rings. The third kappa shape index (κ3) is 4.11. The van der Waals surface area contributed by atoms with Crippen LogP contribution in [0.1, 0.15) is 31.8 Å². The van der Waals surface area contributed by atoms with Gasteiger partial charge in [-0.15, -0.1) is 5.10 Å². The normalized spacial score (nSPS) is 10.5. The van der Waals surface area contributed by atoms with E-state index in [2.05, 4.69) is 15.5 Å². The molecule has 0 aliphatic carbocycles. The van der Waals surface area contributed by atoms with E-state index in [4.69, 9.17) is 4.42 Å². The topological polar surface area (TPSA) is 85.1 Å². The maximum atomic E-state index is 12.4. The van der Waals surface area contributed by atoms with Crippen molar-refractivity contribution in [1.29, 1.82) is 0 Å². The lowest BCUT2D eigenvalue weighted by atomic mass is 10.0. The van der Waals surface area contributed by atoms with Crippen LogP contribution in [0.4, 0.5) is 6.01 Å². The summed E-state index contributed by atoms with van der Waals surface area (Å²) in [4.78, 5) is 24.9. The Bertz CT molecular complexity index is 1170. The number of anilines is 1. The number of ketones is 1. The van der Waals surface area contributed by atoms with Gasteiger partial charge in [-0.25, -0.2) is 0 Å². The Balaban J connectivity index is 1.46. The Morgan fingerprint density at radius 3 is 2.21 bits per heavy atom. The molecule has 0 aliphatic heterocycles. The van der Waals surface area contributed by atoms with Crippen molar-refractivity contribution in [3.8, 4) is 11.5 Å². The van der Waals surface area contributed by atoms with Gasteiger partial charge in [-0.05, 0) is 31.2 Å². The molecule has 0 saturated heterocycles. The van der Waals surface area contributed by atoms with Gasteiger partial charge < -0.3 is 4.42 Å². The molecule has 0 aliphatic rings. The average molecular weight is 383 g/mol. The molecule has 1 amide bonds. The third-order valence-corrected chi connectivity index (χ3v) is 4.36. The van der Waals surface area contributed by atoms with Crippen molar-refractivity contribution in [2.24, 2.45) is 0 Å². The van der Waals surface area contributed by atoms with E-state index in [0.717, 1.165) is 11.1 Å². The minimum Gasteiger partial charge on any atom is -0.403 e. The fourth-order valence-corrected chi connectivity index (χ4v) is 2.87. The van der Waals surface area contributed by atoms with Crippen molar-refractivity contribution in [2.75, 3.05) is 5.32 Å². The minimum absolute atomic E-state index is 0.0101. The molecule has 1 heterocycles. The lowest BCUT2D eigenvalue weighted by molar-refractivity contribution is 0.101. The third-order valence-electron chi connectivity index (χ3n) is 4.36. The number of aryl methyl sites for hydroxylation is 1. The number of amides is 1. The molecular weight excluding hydrogens is 366 g/mol. The molecule has 1 N–H and O–H groups in total. The molecule has 0 radical (unpaired) electrons. The number of hydrogen-bond acceptors (Lipinski definition) is 5. The van der Waals surface area contributed by atoms with E-state index < -0.39 is 5.91 Å². The number of hydrogen-bond donors (Lipinski definition) is 1. The first-order chi connectivity index (χ1) is 14.1. The largest absolute Gasteiger partial charge is 0.403 e. The first kappa shape index (κ1) is 18.3. The van der Waals surface area contributed by atoms with Gasteiger partial charge in [-0.2, -0.15) is 0 Å². The van der Waals surface area contributed by atoms with E-state index in [1.807, 2.05) is 49.4 Å². The zero-order valence-electron chi connectivity index (χ0n) is 15.6. The summed E-state index contributed by atoms with van der Waals surface area (Å²) in [5.41, 5.74) is 3.33. The number of nitrogens with zero attached hydrogens (tertiary/aromatic N) is 2. The van der Waals surface area contributed by atoms with Gasteiger partial charge in [0.15, 0.2) is 5.78 Å². The van der Waals surface area contributed by atoms with E-state index in [1.54, 1.807) is 36.4 Å². The van der Waals surface area contributed by atoms with Gasteiger partial charge in [-0.1, -0.05) is 65.3 Å². The lowest BCUT2D eigenvalue weighted by Gasteiger charge is -2.04. The fraction of sp³-hybridized carbons (Fsp3) is 0.0435. The van der Waals surface area contributed by atoms with E-state index >= 15 is 0 Å². The fourth-order valence-electron chi connectivity index (χ4n) is 2.87. The van der Waals surface area contributed by atoms with Crippen LogP contribution in [0.25, 0.3) is 11.5 Å². The highest BCUT2D eigenvalue weighted by Gasteiger charge is 2.14. The number of rotatable bonds is 5. The van der Waals surface area contributed by atoms with Crippen LogP contribution in [0.5, 0.6) is 0 Å². The zero-order valence-corrected chi connectivity index (χ0v) is 15.6. The second kappa shape index (κ2) is 7.90. The molecule has 0 unspecified atom stereocenters. The Labute approximate surface area is 167 Å². The highest BCUT2D eigenvalue weighted by molar-refractivity contribution is 6.10. The van der Waals surface area contributed by atoms with Gasteiger partial charge in [-0.3, -0.25) is 14.9 Å². The summed E-state index contributed by atoms with van der Waals surface area (Å²) >= 11 is 0. The molecule has 29 heavy (non-hydrogen) atoms. The van der Waals surface area contributed by atoms with Crippen LogP contribution in [0, 0.1) is 6.92 Å². The molecule has 142 valence electrons. The van der Waals surface area contributed by atoms with Crippen LogP contribution in [-0.2, 0) is 0 Å². The molecule has 6 heteroatoms. The predicted octanol–water partition coefficient (Wildman–Crippen LogP) is 4.53. The predicted molar refractivity (Wildman–Crippen MR) is 109 cm³/mol. The molecule has 4 aromatic rings. The SMILES string of the molecule is Cc1cccc(-c2nnc(NC(=O)c3ccc(C(=O)c4ccccc4)cc3)o2)c1. The van der Waals surface area contributed by atoms with Crippen molar-refractivity contribution in [2.45, 2.75) is 6.92 Å². The minimum atomic E-state index is -0.400. The first-order valence-corrected chi connectivity index (χ1v) is 9.02. The second-order valence-corrected chi connectivity index (χ2v) is 6.51. The highest BCUT2D eigenvalue weighted by atomic mass is 16.4. The number of carbonyl (C=O) groups is 2. The summed E-state index contributed by atoms with van der Waals surface area (Å²) in [5, 5.41) is 10.4. The quantitative estimate of drug-likeness (QED) is 0.512. The maximum Gasteiger partial charge on any atom is 0.322 e. The van der Waals surface area contributed by atoms with Crippen molar-refractivity contribution < 1.29 is 14.0 Å². The molecule has 0 bridgehead atoms. The van der Waals surface area contributed by atoms with Crippen molar-refractivity contribution in [3.05, 3.63) is 101 Å². The second-order valence-electron chi connectivity index (χ2n) is 6.51. The molecular formula is C23H17N3O3. The van der Waals surface area contributed by atoms with Crippen molar-refractivity contribution in [1.82, 2.24) is 10.2 Å². The van der Waals surface area contributed by atoms with E-state index in [0.29, 0.717) is 22.6 Å². The summed E-state index contributed by atoms with van der Waals surface area (Å²) in [7, 11) is 0. The van der Waals surface area contributed by atoms with Gasteiger partial charge in [0, 0.05) is 22.3 Å². The van der Waals surface area contributed by atoms with E-state index in [1.165, 1.54) is 0 Å². The molecule has 0 spiro atoms. The van der Waals surface area contributed by atoms with Gasteiger partial charge >= 0.3 is 6.01 Å². The smallest absolute Gasteiger partial charge is 0.322 e. The van der Waals surface area contributed by atoms with Gasteiger partial charge in [0.05, 0.1) is 0 Å². The van der Waals surface area contributed by atoms with Crippen LogP contribution in [0.15, 0.2) is 83.3 Å². The summed E-state index contributed by atoms with van der Waals surface area (Å²) in [6, 6.07) is 23.0.